The third kappa shape index (κ3) is 1.48. The summed E-state index contributed by atoms with van der Waals surface area (Å²) in [6.45, 7) is 0. The monoisotopic (exact) mass is 228 g/mol. The van der Waals surface area contributed by atoms with E-state index < -0.39 is 5.97 Å². The fraction of sp³-hybridized carbons (Fsp3) is 0. The summed E-state index contributed by atoms with van der Waals surface area (Å²) in [6, 6.07) is 8.63. The number of rotatable bonds is 2. The van der Waals surface area contributed by atoms with Crippen LogP contribution in [0.2, 0.25) is 0 Å². The Balaban J connectivity index is 2.19. The predicted molar refractivity (Wildman–Crippen MR) is 59.9 cm³/mol. The molecule has 84 valence electrons. The van der Waals surface area contributed by atoms with E-state index in [9.17, 15) is 4.79 Å². The molecule has 0 aliphatic carbocycles. The highest BCUT2D eigenvalue weighted by Gasteiger charge is 2.12. The van der Waals surface area contributed by atoms with Crippen molar-refractivity contribution in [1.29, 1.82) is 0 Å². The summed E-state index contributed by atoms with van der Waals surface area (Å²) in [6.07, 6.45) is 3.48. The van der Waals surface area contributed by atoms with Gasteiger partial charge in [-0.2, -0.15) is 0 Å². The maximum absolute atomic E-state index is 10.7. The van der Waals surface area contributed by atoms with Gasteiger partial charge in [0.05, 0.1) is 5.69 Å². The van der Waals surface area contributed by atoms with Gasteiger partial charge < -0.3 is 9.52 Å². The number of carboxylic acid groups (broad SMARTS) is 1. The van der Waals surface area contributed by atoms with E-state index in [4.69, 9.17) is 9.52 Å². The van der Waals surface area contributed by atoms with Crippen LogP contribution in [0.1, 0.15) is 10.6 Å². The van der Waals surface area contributed by atoms with Gasteiger partial charge in [0.15, 0.2) is 5.76 Å². The van der Waals surface area contributed by atoms with Gasteiger partial charge in [0.1, 0.15) is 5.65 Å². The van der Waals surface area contributed by atoms with Crippen molar-refractivity contribution in [3.05, 3.63) is 48.5 Å². The van der Waals surface area contributed by atoms with E-state index in [1.165, 1.54) is 6.07 Å². The first-order chi connectivity index (χ1) is 8.25. The smallest absolute Gasteiger partial charge is 0.371 e. The molecule has 3 aromatic rings. The number of aromatic nitrogens is 2. The van der Waals surface area contributed by atoms with E-state index >= 15 is 0 Å². The maximum atomic E-state index is 10.7. The molecule has 0 unspecified atom stereocenters. The number of nitrogens with zero attached hydrogens (tertiary/aromatic N) is 2. The lowest BCUT2D eigenvalue weighted by Gasteiger charge is -2.01. The zero-order valence-corrected chi connectivity index (χ0v) is 8.70. The molecule has 0 fully saturated rings. The Kier molecular flexibility index (Phi) is 1.98. The van der Waals surface area contributed by atoms with Crippen LogP contribution in [0.5, 0.6) is 0 Å². The Bertz CT molecular complexity index is 696. The molecular weight excluding hydrogens is 220 g/mol. The molecule has 5 heteroatoms. The maximum Gasteiger partial charge on any atom is 0.371 e. The Labute approximate surface area is 95.9 Å². The van der Waals surface area contributed by atoms with Crippen molar-refractivity contribution in [1.82, 2.24) is 9.38 Å². The first kappa shape index (κ1) is 9.65. The number of furan rings is 1. The molecular formula is C12H8N2O3. The number of pyridine rings is 1. The average Bonchev–Trinajstić information content (AvgIpc) is 2.97. The Morgan fingerprint density at radius 1 is 1.29 bits per heavy atom. The minimum atomic E-state index is -1.07. The third-order valence-electron chi connectivity index (χ3n) is 2.50. The second-order valence-electron chi connectivity index (χ2n) is 3.54. The van der Waals surface area contributed by atoms with E-state index in [0.29, 0.717) is 5.76 Å². The van der Waals surface area contributed by atoms with Gasteiger partial charge in [-0.3, -0.25) is 4.40 Å². The molecule has 0 aliphatic rings. The quantitative estimate of drug-likeness (QED) is 0.730. The Hall–Kier alpha value is -2.56. The van der Waals surface area contributed by atoms with Gasteiger partial charge in [0.2, 0.25) is 5.76 Å². The van der Waals surface area contributed by atoms with Gasteiger partial charge in [-0.05, 0) is 24.3 Å². The summed E-state index contributed by atoms with van der Waals surface area (Å²) in [5.41, 5.74) is 1.56. The Morgan fingerprint density at radius 2 is 2.18 bits per heavy atom. The van der Waals surface area contributed by atoms with E-state index in [-0.39, 0.29) is 5.76 Å². The fourth-order valence-electron chi connectivity index (χ4n) is 1.74. The number of carbonyl (C=O) groups is 1. The van der Waals surface area contributed by atoms with Gasteiger partial charge in [-0.15, -0.1) is 0 Å². The van der Waals surface area contributed by atoms with Gasteiger partial charge in [0, 0.05) is 12.4 Å². The molecule has 0 spiro atoms. The molecule has 3 heterocycles. The van der Waals surface area contributed by atoms with Crippen molar-refractivity contribution in [3.63, 3.8) is 0 Å². The van der Waals surface area contributed by atoms with Crippen LogP contribution in [0.3, 0.4) is 0 Å². The number of fused-ring (bicyclic) bond motifs is 1. The highest BCUT2D eigenvalue weighted by Crippen LogP contribution is 2.22. The van der Waals surface area contributed by atoms with Gasteiger partial charge in [0.25, 0.3) is 0 Å². The molecule has 1 N–H and O–H groups in total. The number of hydrogen-bond acceptors (Lipinski definition) is 3. The molecule has 0 radical (unpaired) electrons. The number of imidazole rings is 1. The summed E-state index contributed by atoms with van der Waals surface area (Å²) in [7, 11) is 0. The molecule has 0 aliphatic heterocycles. The second-order valence-corrected chi connectivity index (χ2v) is 3.54. The summed E-state index contributed by atoms with van der Waals surface area (Å²) in [5.74, 6) is -0.642. The topological polar surface area (TPSA) is 67.7 Å². The normalized spacial score (nSPS) is 10.8. The van der Waals surface area contributed by atoms with E-state index in [0.717, 1.165) is 11.3 Å². The molecule has 0 saturated carbocycles. The highest BCUT2D eigenvalue weighted by molar-refractivity contribution is 5.85. The molecule has 0 saturated heterocycles. The van der Waals surface area contributed by atoms with Gasteiger partial charge >= 0.3 is 5.97 Å². The molecule has 0 aromatic carbocycles. The SMILES string of the molecule is O=C(O)c1ccc(-c2cccc3nccn23)o1. The average molecular weight is 228 g/mol. The van der Waals surface area contributed by atoms with Crippen molar-refractivity contribution >= 4 is 11.6 Å². The van der Waals surface area contributed by atoms with E-state index in [1.807, 2.05) is 22.6 Å². The molecule has 3 aromatic heterocycles. The molecule has 0 bridgehead atoms. The van der Waals surface area contributed by atoms with Crippen molar-refractivity contribution in [2.45, 2.75) is 0 Å². The van der Waals surface area contributed by atoms with Crippen molar-refractivity contribution < 1.29 is 14.3 Å². The number of hydrogen-bond donors (Lipinski definition) is 1. The first-order valence-corrected chi connectivity index (χ1v) is 5.01. The van der Waals surface area contributed by atoms with Crippen molar-refractivity contribution in [3.8, 4) is 11.5 Å². The van der Waals surface area contributed by atoms with Crippen LogP contribution < -0.4 is 0 Å². The molecule has 0 atom stereocenters. The molecule has 17 heavy (non-hydrogen) atoms. The summed E-state index contributed by atoms with van der Waals surface area (Å²) in [5, 5.41) is 8.81. The Morgan fingerprint density at radius 3 is 2.94 bits per heavy atom. The first-order valence-electron chi connectivity index (χ1n) is 5.01. The summed E-state index contributed by atoms with van der Waals surface area (Å²) < 4.78 is 7.10. The molecule has 5 nitrogen and oxygen atoms in total. The van der Waals surface area contributed by atoms with Gasteiger partial charge in [-0.1, -0.05) is 6.07 Å². The number of aromatic carboxylic acids is 1. The minimum Gasteiger partial charge on any atom is -0.475 e. The van der Waals surface area contributed by atoms with Crippen LogP contribution in [0, 0.1) is 0 Å². The lowest BCUT2D eigenvalue weighted by atomic mass is 10.3. The minimum absolute atomic E-state index is 0.0721. The van der Waals surface area contributed by atoms with E-state index in [1.54, 1.807) is 18.5 Å². The largest absolute Gasteiger partial charge is 0.475 e. The fourth-order valence-corrected chi connectivity index (χ4v) is 1.74. The van der Waals surface area contributed by atoms with Crippen LogP contribution in [0.15, 0.2) is 47.1 Å². The standard InChI is InChI=1S/C12H8N2O3/c15-12(16)10-5-4-9(17-10)8-2-1-3-11-13-6-7-14(8)11/h1-7H,(H,15,16). The van der Waals surface area contributed by atoms with Gasteiger partial charge in [-0.25, -0.2) is 9.78 Å². The van der Waals surface area contributed by atoms with Crippen molar-refractivity contribution in [2.75, 3.05) is 0 Å². The van der Waals surface area contributed by atoms with Crippen LogP contribution in [0.4, 0.5) is 0 Å². The predicted octanol–water partition coefficient (Wildman–Crippen LogP) is 2.29. The summed E-state index contributed by atoms with van der Waals surface area (Å²) in [4.78, 5) is 14.9. The van der Waals surface area contributed by atoms with Crippen LogP contribution in [-0.4, -0.2) is 20.5 Å². The molecule has 0 amide bonds. The number of carboxylic acids is 1. The van der Waals surface area contributed by atoms with Crippen LogP contribution in [-0.2, 0) is 0 Å². The highest BCUT2D eigenvalue weighted by atomic mass is 16.4. The van der Waals surface area contributed by atoms with E-state index in [2.05, 4.69) is 4.98 Å². The second kappa shape index (κ2) is 3.48. The lowest BCUT2D eigenvalue weighted by Crippen LogP contribution is -1.92. The van der Waals surface area contributed by atoms with Crippen LogP contribution >= 0.6 is 0 Å². The van der Waals surface area contributed by atoms with Crippen LogP contribution in [0.25, 0.3) is 17.1 Å². The zero-order chi connectivity index (χ0) is 11.8. The van der Waals surface area contributed by atoms with Crippen molar-refractivity contribution in [2.24, 2.45) is 0 Å². The lowest BCUT2D eigenvalue weighted by molar-refractivity contribution is 0.0663. The third-order valence-corrected chi connectivity index (χ3v) is 2.50. The molecule has 3 rings (SSSR count). The summed E-state index contributed by atoms with van der Waals surface area (Å²) >= 11 is 0. The zero-order valence-electron chi connectivity index (χ0n) is 8.70.